The molecule has 0 bridgehead atoms. The molecule has 2 atom stereocenters. The largest absolute Gasteiger partial charge is 0.465 e. The number of rotatable bonds is 4. The van der Waals surface area contributed by atoms with Gasteiger partial charge in [0.25, 0.3) is 0 Å². The van der Waals surface area contributed by atoms with Gasteiger partial charge in [0.15, 0.2) is 0 Å². The van der Waals surface area contributed by atoms with Gasteiger partial charge in [0.1, 0.15) is 0 Å². The van der Waals surface area contributed by atoms with Gasteiger partial charge in [-0.1, -0.05) is 27.7 Å². The fourth-order valence-corrected chi connectivity index (χ4v) is 1.25. The fourth-order valence-electron chi connectivity index (χ4n) is 1.25. The van der Waals surface area contributed by atoms with Crippen molar-refractivity contribution in [1.82, 2.24) is 5.32 Å². The number of hydrogen-bond acceptors (Lipinski definition) is 2. The molecule has 14 heavy (non-hydrogen) atoms. The van der Waals surface area contributed by atoms with Gasteiger partial charge in [-0.15, -0.1) is 0 Å². The monoisotopic (exact) mass is 202 g/mol. The van der Waals surface area contributed by atoms with Crippen LogP contribution in [0.3, 0.4) is 0 Å². The maximum absolute atomic E-state index is 10.6. The third-order valence-corrected chi connectivity index (χ3v) is 2.41. The highest BCUT2D eigenvalue weighted by Gasteiger charge is 2.27. The van der Waals surface area contributed by atoms with Crippen molar-refractivity contribution in [1.29, 1.82) is 0 Å². The van der Waals surface area contributed by atoms with Gasteiger partial charge < -0.3 is 16.2 Å². The van der Waals surface area contributed by atoms with E-state index in [1.165, 1.54) is 0 Å². The molecule has 0 aliphatic rings. The van der Waals surface area contributed by atoms with Gasteiger partial charge in [0, 0.05) is 12.1 Å². The molecule has 0 aromatic heterocycles. The average Bonchev–Trinajstić information content (AvgIpc) is 2.00. The van der Waals surface area contributed by atoms with E-state index in [1.54, 1.807) is 0 Å². The number of nitrogens with two attached hydrogens (primary N) is 1. The SMILES string of the molecule is CCC(N)CC(NC(=O)O)C(C)(C)C. The first-order chi connectivity index (χ1) is 6.27. The van der Waals surface area contributed by atoms with Crippen LogP contribution in [0.2, 0.25) is 0 Å². The average molecular weight is 202 g/mol. The Kier molecular flexibility index (Phi) is 4.91. The van der Waals surface area contributed by atoms with Crippen molar-refractivity contribution < 1.29 is 9.90 Å². The summed E-state index contributed by atoms with van der Waals surface area (Å²) in [5.74, 6) is 0. The van der Waals surface area contributed by atoms with Gasteiger partial charge in [-0.05, 0) is 18.3 Å². The summed E-state index contributed by atoms with van der Waals surface area (Å²) in [6.07, 6.45) is 0.577. The van der Waals surface area contributed by atoms with Crippen LogP contribution in [0.4, 0.5) is 4.79 Å². The molecule has 1 amide bonds. The highest BCUT2D eigenvalue weighted by Crippen LogP contribution is 2.23. The molecule has 0 aromatic rings. The first-order valence-corrected chi connectivity index (χ1v) is 5.02. The first-order valence-electron chi connectivity index (χ1n) is 5.02. The lowest BCUT2D eigenvalue weighted by molar-refractivity contribution is 0.169. The highest BCUT2D eigenvalue weighted by molar-refractivity contribution is 5.64. The molecule has 4 nitrogen and oxygen atoms in total. The van der Waals surface area contributed by atoms with Crippen molar-refractivity contribution >= 4 is 6.09 Å². The second-order valence-electron chi connectivity index (χ2n) is 4.77. The predicted molar refractivity (Wildman–Crippen MR) is 57.3 cm³/mol. The van der Waals surface area contributed by atoms with Crippen molar-refractivity contribution in [2.75, 3.05) is 0 Å². The van der Waals surface area contributed by atoms with Crippen LogP contribution in [-0.2, 0) is 0 Å². The molecular formula is C10H22N2O2. The van der Waals surface area contributed by atoms with Gasteiger partial charge in [-0.25, -0.2) is 4.79 Å². The van der Waals surface area contributed by atoms with Gasteiger partial charge in [0.05, 0.1) is 0 Å². The lowest BCUT2D eigenvalue weighted by Gasteiger charge is -2.32. The number of nitrogens with one attached hydrogen (secondary N) is 1. The molecule has 2 unspecified atom stereocenters. The number of carbonyl (C=O) groups is 1. The van der Waals surface area contributed by atoms with Crippen LogP contribution < -0.4 is 11.1 Å². The maximum Gasteiger partial charge on any atom is 0.404 e. The van der Waals surface area contributed by atoms with Crippen molar-refractivity contribution in [3.63, 3.8) is 0 Å². The topological polar surface area (TPSA) is 75.3 Å². The molecule has 0 saturated heterocycles. The van der Waals surface area contributed by atoms with E-state index in [0.717, 1.165) is 6.42 Å². The van der Waals surface area contributed by atoms with Crippen molar-refractivity contribution in [3.8, 4) is 0 Å². The molecular weight excluding hydrogens is 180 g/mol. The molecule has 0 aliphatic heterocycles. The van der Waals surface area contributed by atoms with Crippen LogP contribution in [0, 0.1) is 5.41 Å². The van der Waals surface area contributed by atoms with Gasteiger partial charge >= 0.3 is 6.09 Å². The maximum atomic E-state index is 10.6. The third kappa shape index (κ3) is 5.07. The standard InChI is InChI=1S/C10H22N2O2/c1-5-7(11)6-8(10(2,3)4)12-9(13)14/h7-8,12H,5-6,11H2,1-4H3,(H,13,14). The molecule has 4 N–H and O–H groups in total. The van der Waals surface area contributed by atoms with Crippen molar-refractivity contribution in [3.05, 3.63) is 0 Å². The number of amides is 1. The second kappa shape index (κ2) is 5.20. The first kappa shape index (κ1) is 13.2. The minimum atomic E-state index is -0.978. The zero-order valence-corrected chi connectivity index (χ0v) is 9.50. The van der Waals surface area contributed by atoms with Crippen LogP contribution in [0.15, 0.2) is 0 Å². The van der Waals surface area contributed by atoms with Crippen molar-refractivity contribution in [2.24, 2.45) is 11.1 Å². The Morgan fingerprint density at radius 2 is 2.00 bits per heavy atom. The Labute approximate surface area is 85.9 Å². The van der Waals surface area contributed by atoms with E-state index in [4.69, 9.17) is 10.8 Å². The third-order valence-electron chi connectivity index (χ3n) is 2.41. The summed E-state index contributed by atoms with van der Waals surface area (Å²) in [6.45, 7) is 8.03. The summed E-state index contributed by atoms with van der Waals surface area (Å²) in [4.78, 5) is 10.6. The van der Waals surface area contributed by atoms with Gasteiger partial charge in [-0.2, -0.15) is 0 Å². The van der Waals surface area contributed by atoms with Crippen LogP contribution in [0.25, 0.3) is 0 Å². The molecule has 0 heterocycles. The normalized spacial score (nSPS) is 16.1. The molecule has 0 saturated carbocycles. The van der Waals surface area contributed by atoms with E-state index in [-0.39, 0.29) is 17.5 Å². The lowest BCUT2D eigenvalue weighted by atomic mass is 9.83. The van der Waals surface area contributed by atoms with E-state index >= 15 is 0 Å². The zero-order chi connectivity index (χ0) is 11.4. The summed E-state index contributed by atoms with van der Waals surface area (Å²) >= 11 is 0. The minimum absolute atomic E-state index is 0.0612. The molecule has 0 aliphatic carbocycles. The Balaban J connectivity index is 4.33. The van der Waals surface area contributed by atoms with E-state index in [1.807, 2.05) is 27.7 Å². The fraction of sp³-hybridized carbons (Fsp3) is 0.900. The Bertz CT molecular complexity index is 187. The summed E-state index contributed by atoms with van der Waals surface area (Å²) in [6, 6.07) is -0.0268. The quantitative estimate of drug-likeness (QED) is 0.650. The smallest absolute Gasteiger partial charge is 0.404 e. The zero-order valence-electron chi connectivity index (χ0n) is 9.50. The highest BCUT2D eigenvalue weighted by atomic mass is 16.4. The van der Waals surface area contributed by atoms with Gasteiger partial charge in [-0.3, -0.25) is 0 Å². The molecule has 0 aromatic carbocycles. The summed E-state index contributed by atoms with van der Waals surface area (Å²) in [7, 11) is 0. The Hall–Kier alpha value is -0.770. The molecule has 4 heteroatoms. The Morgan fingerprint density at radius 1 is 1.50 bits per heavy atom. The summed E-state index contributed by atoms with van der Waals surface area (Å²) in [5.41, 5.74) is 5.72. The van der Waals surface area contributed by atoms with Crippen LogP contribution in [0.1, 0.15) is 40.5 Å². The lowest BCUT2D eigenvalue weighted by Crippen LogP contribution is -2.46. The van der Waals surface area contributed by atoms with Crippen molar-refractivity contribution in [2.45, 2.75) is 52.6 Å². The van der Waals surface area contributed by atoms with Crippen LogP contribution in [-0.4, -0.2) is 23.3 Å². The molecule has 0 rings (SSSR count). The summed E-state index contributed by atoms with van der Waals surface area (Å²) in [5, 5.41) is 11.2. The van der Waals surface area contributed by atoms with E-state index < -0.39 is 6.09 Å². The van der Waals surface area contributed by atoms with Crippen LogP contribution in [0.5, 0.6) is 0 Å². The summed E-state index contributed by atoms with van der Waals surface area (Å²) < 4.78 is 0. The number of hydrogen-bond donors (Lipinski definition) is 3. The predicted octanol–water partition coefficient (Wildman–Crippen LogP) is 1.80. The van der Waals surface area contributed by atoms with Crippen LogP contribution >= 0.6 is 0 Å². The van der Waals surface area contributed by atoms with E-state index in [2.05, 4.69) is 5.32 Å². The second-order valence-corrected chi connectivity index (χ2v) is 4.77. The molecule has 0 radical (unpaired) electrons. The van der Waals surface area contributed by atoms with E-state index in [9.17, 15) is 4.79 Å². The molecule has 84 valence electrons. The molecule has 0 fully saturated rings. The Morgan fingerprint density at radius 3 is 2.29 bits per heavy atom. The van der Waals surface area contributed by atoms with Gasteiger partial charge in [0.2, 0.25) is 0 Å². The van der Waals surface area contributed by atoms with E-state index in [0.29, 0.717) is 6.42 Å². The minimum Gasteiger partial charge on any atom is -0.465 e. The molecule has 0 spiro atoms. The number of carboxylic acid groups (broad SMARTS) is 1.